The minimum absolute atomic E-state index is 0.370. The Balaban J connectivity index is 2.50. The summed E-state index contributed by atoms with van der Waals surface area (Å²) in [5.74, 6) is 0. The molecular weight excluding hydrogens is 210 g/mol. The first-order chi connectivity index (χ1) is 7.29. The molecule has 0 N–H and O–H groups in total. The fourth-order valence-corrected chi connectivity index (χ4v) is 1.34. The summed E-state index contributed by atoms with van der Waals surface area (Å²) in [6.45, 7) is 0. The molecule has 0 unspecified atom stereocenters. The Morgan fingerprint density at radius 1 is 1.20 bits per heavy atom. The maximum Gasteiger partial charge on any atom is 0.141 e. The molecule has 0 fully saturated rings. The fraction of sp³-hybridized carbons (Fsp3) is 0. The van der Waals surface area contributed by atoms with Crippen LogP contribution in [0, 0.1) is 11.3 Å². The van der Waals surface area contributed by atoms with E-state index in [1.54, 1.807) is 36.5 Å². The summed E-state index contributed by atoms with van der Waals surface area (Å²) in [6, 6.07) is 10.6. The van der Waals surface area contributed by atoms with Gasteiger partial charge in [-0.25, -0.2) is 4.98 Å². The minimum Gasteiger partial charge on any atom is -0.255 e. The van der Waals surface area contributed by atoms with Crippen LogP contribution < -0.4 is 0 Å². The maximum atomic E-state index is 8.70. The van der Waals surface area contributed by atoms with Crippen LogP contribution in [0.25, 0.3) is 11.4 Å². The van der Waals surface area contributed by atoms with Gasteiger partial charge in [0.15, 0.2) is 0 Å². The highest BCUT2D eigenvalue weighted by Gasteiger charge is 2.02. The first kappa shape index (κ1) is 9.63. The number of halogens is 1. The summed E-state index contributed by atoms with van der Waals surface area (Å²) in [4.78, 5) is 8.25. The number of hydrogen-bond acceptors (Lipinski definition) is 3. The third-order valence-electron chi connectivity index (χ3n) is 1.85. The van der Waals surface area contributed by atoms with Crippen LogP contribution in [0.2, 0.25) is 5.02 Å². The van der Waals surface area contributed by atoms with Crippen molar-refractivity contribution in [3.05, 3.63) is 47.2 Å². The van der Waals surface area contributed by atoms with E-state index < -0.39 is 0 Å². The lowest BCUT2D eigenvalue weighted by molar-refractivity contribution is 1.22. The van der Waals surface area contributed by atoms with Crippen molar-refractivity contribution in [2.24, 2.45) is 0 Å². The average Bonchev–Trinajstić information content (AvgIpc) is 2.29. The second-order valence-electron chi connectivity index (χ2n) is 2.88. The lowest BCUT2D eigenvalue weighted by Crippen LogP contribution is -1.89. The van der Waals surface area contributed by atoms with Gasteiger partial charge in [0.2, 0.25) is 0 Å². The molecule has 2 aromatic rings. The molecule has 0 aliphatic rings. The van der Waals surface area contributed by atoms with Gasteiger partial charge in [0.05, 0.1) is 11.4 Å². The van der Waals surface area contributed by atoms with Crippen molar-refractivity contribution >= 4 is 11.6 Å². The molecule has 0 aliphatic heterocycles. The van der Waals surface area contributed by atoms with E-state index in [-0.39, 0.29) is 0 Å². The minimum atomic E-state index is 0.370. The molecule has 0 bridgehead atoms. The summed E-state index contributed by atoms with van der Waals surface area (Å²) in [5, 5.41) is 9.31. The van der Waals surface area contributed by atoms with E-state index in [1.807, 2.05) is 6.07 Å². The number of nitrogens with zero attached hydrogens (tertiary/aromatic N) is 3. The summed E-state index contributed by atoms with van der Waals surface area (Å²) >= 11 is 5.84. The smallest absolute Gasteiger partial charge is 0.141 e. The van der Waals surface area contributed by atoms with Crippen LogP contribution in [-0.2, 0) is 0 Å². The predicted molar refractivity (Wildman–Crippen MR) is 57.2 cm³/mol. The Morgan fingerprint density at radius 3 is 2.80 bits per heavy atom. The third kappa shape index (κ3) is 2.12. The molecule has 0 aromatic carbocycles. The average molecular weight is 216 g/mol. The molecule has 0 spiro atoms. The standard InChI is InChI=1S/C11H6ClN3/c12-8-4-5-14-11(6-8)10-3-1-2-9(7-13)15-10/h1-6H. The topological polar surface area (TPSA) is 49.6 Å². The van der Waals surface area contributed by atoms with Crippen molar-refractivity contribution in [1.29, 1.82) is 5.26 Å². The van der Waals surface area contributed by atoms with Crippen molar-refractivity contribution < 1.29 is 0 Å². The van der Waals surface area contributed by atoms with Gasteiger partial charge in [0.25, 0.3) is 0 Å². The first-order valence-electron chi connectivity index (χ1n) is 4.28. The van der Waals surface area contributed by atoms with Gasteiger partial charge in [-0.2, -0.15) is 5.26 Å². The van der Waals surface area contributed by atoms with Gasteiger partial charge < -0.3 is 0 Å². The molecule has 2 rings (SSSR count). The van der Waals surface area contributed by atoms with Crippen molar-refractivity contribution in [3.8, 4) is 17.5 Å². The second kappa shape index (κ2) is 4.07. The van der Waals surface area contributed by atoms with Gasteiger partial charge in [-0.15, -0.1) is 0 Å². The quantitative estimate of drug-likeness (QED) is 0.735. The van der Waals surface area contributed by atoms with E-state index >= 15 is 0 Å². The molecule has 0 radical (unpaired) electrons. The molecule has 0 atom stereocenters. The summed E-state index contributed by atoms with van der Waals surface area (Å²) in [5.41, 5.74) is 1.69. The van der Waals surface area contributed by atoms with E-state index in [9.17, 15) is 0 Å². The second-order valence-corrected chi connectivity index (χ2v) is 3.32. The molecular formula is C11H6ClN3. The Kier molecular flexibility index (Phi) is 2.61. The molecule has 0 aliphatic carbocycles. The van der Waals surface area contributed by atoms with Gasteiger partial charge >= 0.3 is 0 Å². The first-order valence-corrected chi connectivity index (χ1v) is 4.66. The van der Waals surface area contributed by atoms with Gasteiger partial charge in [-0.3, -0.25) is 4.98 Å². The van der Waals surface area contributed by atoms with E-state index in [0.29, 0.717) is 22.1 Å². The van der Waals surface area contributed by atoms with Crippen LogP contribution in [0.5, 0.6) is 0 Å². The van der Waals surface area contributed by atoms with E-state index in [1.165, 1.54) is 0 Å². The highest BCUT2D eigenvalue weighted by atomic mass is 35.5. The van der Waals surface area contributed by atoms with E-state index in [4.69, 9.17) is 16.9 Å². The Bertz CT molecular complexity index is 531. The molecule has 3 nitrogen and oxygen atoms in total. The zero-order chi connectivity index (χ0) is 10.7. The lowest BCUT2D eigenvalue weighted by Gasteiger charge is -1.99. The zero-order valence-corrected chi connectivity index (χ0v) is 8.44. The van der Waals surface area contributed by atoms with Crippen LogP contribution in [-0.4, -0.2) is 9.97 Å². The summed E-state index contributed by atoms with van der Waals surface area (Å²) < 4.78 is 0. The Morgan fingerprint density at radius 2 is 2.07 bits per heavy atom. The largest absolute Gasteiger partial charge is 0.255 e. The van der Waals surface area contributed by atoms with Crippen LogP contribution in [0.3, 0.4) is 0 Å². The monoisotopic (exact) mass is 215 g/mol. The molecule has 2 heterocycles. The molecule has 0 amide bonds. The van der Waals surface area contributed by atoms with Crippen LogP contribution in [0.4, 0.5) is 0 Å². The highest BCUT2D eigenvalue weighted by Crippen LogP contribution is 2.18. The molecule has 15 heavy (non-hydrogen) atoms. The molecule has 0 saturated carbocycles. The van der Waals surface area contributed by atoms with Gasteiger partial charge in [-0.05, 0) is 24.3 Å². The predicted octanol–water partition coefficient (Wildman–Crippen LogP) is 2.67. The van der Waals surface area contributed by atoms with Gasteiger partial charge in [-0.1, -0.05) is 17.7 Å². The third-order valence-corrected chi connectivity index (χ3v) is 2.08. The fourth-order valence-electron chi connectivity index (χ4n) is 1.18. The Labute approximate surface area is 92.0 Å². The van der Waals surface area contributed by atoms with Crippen LogP contribution >= 0.6 is 11.6 Å². The molecule has 72 valence electrons. The molecule has 0 saturated heterocycles. The number of rotatable bonds is 1. The molecule has 2 aromatic heterocycles. The van der Waals surface area contributed by atoms with Crippen molar-refractivity contribution in [2.45, 2.75) is 0 Å². The number of aromatic nitrogens is 2. The zero-order valence-electron chi connectivity index (χ0n) is 7.68. The maximum absolute atomic E-state index is 8.70. The normalized spacial score (nSPS) is 9.60. The van der Waals surface area contributed by atoms with E-state index in [0.717, 1.165) is 0 Å². The summed E-state index contributed by atoms with van der Waals surface area (Å²) in [7, 11) is 0. The van der Waals surface area contributed by atoms with Crippen molar-refractivity contribution in [1.82, 2.24) is 9.97 Å². The Hall–Kier alpha value is -1.92. The summed E-state index contributed by atoms with van der Waals surface area (Å²) in [6.07, 6.45) is 1.61. The molecule has 4 heteroatoms. The number of hydrogen-bond donors (Lipinski definition) is 0. The van der Waals surface area contributed by atoms with Crippen LogP contribution in [0.1, 0.15) is 5.69 Å². The van der Waals surface area contributed by atoms with E-state index in [2.05, 4.69) is 9.97 Å². The van der Waals surface area contributed by atoms with Crippen LogP contribution in [0.15, 0.2) is 36.5 Å². The lowest BCUT2D eigenvalue weighted by atomic mass is 10.2. The van der Waals surface area contributed by atoms with Crippen molar-refractivity contribution in [3.63, 3.8) is 0 Å². The van der Waals surface area contributed by atoms with Gasteiger partial charge in [0, 0.05) is 11.2 Å². The SMILES string of the molecule is N#Cc1cccc(-c2cc(Cl)ccn2)n1. The number of pyridine rings is 2. The van der Waals surface area contributed by atoms with Gasteiger partial charge in [0.1, 0.15) is 11.8 Å². The highest BCUT2D eigenvalue weighted by molar-refractivity contribution is 6.30. The van der Waals surface area contributed by atoms with Crippen molar-refractivity contribution in [2.75, 3.05) is 0 Å². The number of nitriles is 1.